The van der Waals surface area contributed by atoms with Crippen LogP contribution in [0.15, 0.2) is 42.5 Å². The number of nitro benzene ring substituents is 1. The minimum absolute atomic E-state index is 0.0671. The van der Waals surface area contributed by atoms with Crippen LogP contribution in [-0.2, 0) is 14.3 Å². The first kappa shape index (κ1) is 21.5. The number of aryl methyl sites for hydroxylation is 1. The first-order chi connectivity index (χ1) is 13.8. The zero-order valence-corrected chi connectivity index (χ0v) is 16.1. The second kappa shape index (κ2) is 9.98. The Labute approximate surface area is 167 Å². The monoisotopic (exact) mass is 399 g/mol. The summed E-state index contributed by atoms with van der Waals surface area (Å²) in [7, 11) is 0. The van der Waals surface area contributed by atoms with Crippen LogP contribution in [0.2, 0.25) is 0 Å². The zero-order valence-electron chi connectivity index (χ0n) is 16.1. The maximum absolute atomic E-state index is 12.0. The molecule has 0 aromatic heterocycles. The minimum Gasteiger partial charge on any atom is -0.456 e. The summed E-state index contributed by atoms with van der Waals surface area (Å²) in [5.41, 5.74) is 1.79. The lowest BCUT2D eigenvalue weighted by Crippen LogP contribution is -2.28. The molecule has 0 aliphatic heterocycles. The highest BCUT2D eigenvalue weighted by atomic mass is 16.6. The Kier molecular flexibility index (Phi) is 7.41. The molecule has 29 heavy (non-hydrogen) atoms. The van der Waals surface area contributed by atoms with Gasteiger partial charge in [-0.2, -0.15) is 0 Å². The maximum atomic E-state index is 12.0. The second-order valence-corrected chi connectivity index (χ2v) is 6.24. The minimum atomic E-state index is -0.652. The van der Waals surface area contributed by atoms with E-state index in [4.69, 9.17) is 4.74 Å². The van der Waals surface area contributed by atoms with Crippen LogP contribution in [0.4, 0.5) is 11.4 Å². The number of carbonyl (C=O) groups is 3. The average Bonchev–Trinajstić information content (AvgIpc) is 2.68. The summed E-state index contributed by atoms with van der Waals surface area (Å²) >= 11 is 0. The summed E-state index contributed by atoms with van der Waals surface area (Å²) in [5.74, 6) is -1.57. The lowest BCUT2D eigenvalue weighted by Gasteiger charge is -2.10. The smallest absolute Gasteiger partial charge is 0.308 e. The van der Waals surface area contributed by atoms with Crippen LogP contribution in [0.3, 0.4) is 0 Å². The third kappa shape index (κ3) is 6.13. The molecule has 0 fully saturated rings. The normalized spacial score (nSPS) is 10.1. The van der Waals surface area contributed by atoms with Gasteiger partial charge in [-0.25, -0.2) is 0 Å². The third-order valence-electron chi connectivity index (χ3n) is 4.14. The molecule has 2 aromatic carbocycles. The fourth-order valence-electron chi connectivity index (χ4n) is 2.56. The average molecular weight is 399 g/mol. The lowest BCUT2D eigenvalue weighted by atomic mass is 10.1. The number of benzene rings is 2. The fourth-order valence-corrected chi connectivity index (χ4v) is 2.56. The SMILES string of the molecule is Cc1ccccc1C(=O)NCCC(=O)OCC(=O)Nc1cccc([N+](=O)[O-])c1C. The van der Waals surface area contributed by atoms with Gasteiger partial charge >= 0.3 is 5.97 Å². The van der Waals surface area contributed by atoms with Gasteiger partial charge in [0.25, 0.3) is 17.5 Å². The van der Waals surface area contributed by atoms with Crippen LogP contribution >= 0.6 is 0 Å². The van der Waals surface area contributed by atoms with Crippen LogP contribution in [-0.4, -0.2) is 35.9 Å². The van der Waals surface area contributed by atoms with Gasteiger partial charge in [-0.3, -0.25) is 24.5 Å². The first-order valence-electron chi connectivity index (χ1n) is 8.83. The van der Waals surface area contributed by atoms with Crippen LogP contribution in [0, 0.1) is 24.0 Å². The molecule has 0 atom stereocenters. The quantitative estimate of drug-likeness (QED) is 0.399. The molecule has 0 saturated heterocycles. The number of ether oxygens (including phenoxy) is 1. The molecule has 0 radical (unpaired) electrons. The summed E-state index contributed by atoms with van der Waals surface area (Å²) in [4.78, 5) is 46.1. The first-order valence-corrected chi connectivity index (χ1v) is 8.83. The molecule has 0 heterocycles. The van der Waals surface area contributed by atoms with Gasteiger partial charge in [0, 0.05) is 18.2 Å². The highest BCUT2D eigenvalue weighted by Crippen LogP contribution is 2.24. The predicted octanol–water partition coefficient (Wildman–Crippen LogP) is 2.51. The van der Waals surface area contributed by atoms with Crippen LogP contribution in [0.25, 0.3) is 0 Å². The Balaban J connectivity index is 1.76. The number of carbonyl (C=O) groups excluding carboxylic acids is 3. The third-order valence-corrected chi connectivity index (χ3v) is 4.14. The number of anilines is 1. The highest BCUT2D eigenvalue weighted by molar-refractivity contribution is 5.96. The highest BCUT2D eigenvalue weighted by Gasteiger charge is 2.16. The molecular formula is C20H21N3O6. The summed E-state index contributed by atoms with van der Waals surface area (Å²) < 4.78 is 4.87. The largest absolute Gasteiger partial charge is 0.456 e. The summed E-state index contributed by atoms with van der Waals surface area (Å²) in [5, 5.41) is 16.0. The van der Waals surface area contributed by atoms with Crippen LogP contribution in [0.5, 0.6) is 0 Å². The van der Waals surface area contributed by atoms with E-state index in [1.54, 1.807) is 12.1 Å². The van der Waals surface area contributed by atoms with E-state index >= 15 is 0 Å². The zero-order chi connectivity index (χ0) is 21.4. The molecule has 2 amide bonds. The number of nitrogens with zero attached hydrogens (tertiary/aromatic N) is 1. The van der Waals surface area contributed by atoms with Gasteiger partial charge in [0.15, 0.2) is 6.61 Å². The number of hydrogen-bond donors (Lipinski definition) is 2. The molecule has 0 aliphatic carbocycles. The molecular weight excluding hydrogens is 378 g/mol. The van der Waals surface area contributed by atoms with Gasteiger partial charge in [-0.1, -0.05) is 24.3 Å². The van der Waals surface area contributed by atoms with Crippen molar-refractivity contribution in [1.82, 2.24) is 5.32 Å². The van der Waals surface area contributed by atoms with Crippen LogP contribution < -0.4 is 10.6 Å². The topological polar surface area (TPSA) is 128 Å². The second-order valence-electron chi connectivity index (χ2n) is 6.24. The molecule has 2 rings (SSSR count). The molecule has 9 nitrogen and oxygen atoms in total. The number of nitrogens with one attached hydrogen (secondary N) is 2. The van der Waals surface area contributed by atoms with Crippen molar-refractivity contribution in [2.24, 2.45) is 0 Å². The van der Waals surface area contributed by atoms with Gasteiger partial charge in [0.2, 0.25) is 0 Å². The number of nitro groups is 1. The van der Waals surface area contributed by atoms with Crippen molar-refractivity contribution in [3.8, 4) is 0 Å². The van der Waals surface area contributed by atoms with Crippen molar-refractivity contribution in [3.05, 3.63) is 69.3 Å². The summed E-state index contributed by atoms with van der Waals surface area (Å²) in [6, 6.07) is 11.4. The van der Waals surface area contributed by atoms with Gasteiger partial charge in [-0.05, 0) is 31.5 Å². The van der Waals surface area contributed by atoms with Crippen molar-refractivity contribution in [1.29, 1.82) is 0 Å². The van der Waals surface area contributed by atoms with Crippen molar-refractivity contribution in [3.63, 3.8) is 0 Å². The van der Waals surface area contributed by atoms with E-state index in [9.17, 15) is 24.5 Å². The van der Waals surface area contributed by atoms with E-state index in [1.807, 2.05) is 19.1 Å². The van der Waals surface area contributed by atoms with E-state index in [0.717, 1.165) is 5.56 Å². The molecule has 2 N–H and O–H groups in total. The van der Waals surface area contributed by atoms with E-state index in [0.29, 0.717) is 11.1 Å². The number of hydrogen-bond acceptors (Lipinski definition) is 6. The molecule has 0 spiro atoms. The summed E-state index contributed by atoms with van der Waals surface area (Å²) in [6.45, 7) is 2.85. The Morgan fingerprint density at radius 1 is 1.07 bits per heavy atom. The molecule has 0 aliphatic rings. The summed E-state index contributed by atoms with van der Waals surface area (Å²) in [6.07, 6.45) is -0.0965. The Morgan fingerprint density at radius 2 is 1.79 bits per heavy atom. The van der Waals surface area contributed by atoms with Crippen molar-refractivity contribution in [2.75, 3.05) is 18.5 Å². The molecule has 152 valence electrons. The molecule has 9 heteroatoms. The predicted molar refractivity (Wildman–Crippen MR) is 106 cm³/mol. The number of rotatable bonds is 8. The molecule has 0 unspecified atom stereocenters. The van der Waals surface area contributed by atoms with E-state index < -0.39 is 23.4 Å². The Bertz CT molecular complexity index is 942. The van der Waals surface area contributed by atoms with Gasteiger partial charge in [0.05, 0.1) is 22.6 Å². The fraction of sp³-hybridized carbons (Fsp3) is 0.250. The molecule has 0 saturated carbocycles. The van der Waals surface area contributed by atoms with Crippen molar-refractivity contribution < 1.29 is 24.0 Å². The van der Waals surface area contributed by atoms with Crippen LogP contribution in [0.1, 0.15) is 27.9 Å². The Hall–Kier alpha value is -3.75. The number of esters is 1. The van der Waals surface area contributed by atoms with E-state index in [1.165, 1.54) is 25.1 Å². The maximum Gasteiger partial charge on any atom is 0.308 e. The molecule has 0 bridgehead atoms. The Morgan fingerprint density at radius 3 is 2.48 bits per heavy atom. The van der Waals surface area contributed by atoms with Gasteiger partial charge < -0.3 is 15.4 Å². The van der Waals surface area contributed by atoms with Crippen molar-refractivity contribution in [2.45, 2.75) is 20.3 Å². The van der Waals surface area contributed by atoms with E-state index in [-0.39, 0.29) is 30.2 Å². The van der Waals surface area contributed by atoms with Crippen molar-refractivity contribution >= 4 is 29.2 Å². The molecule has 2 aromatic rings. The standard InChI is InChI=1S/C20H21N3O6/c1-13-6-3-4-7-15(13)20(26)21-11-10-19(25)29-12-18(24)22-16-8-5-9-17(14(16)2)23(27)28/h3-9H,10-12H2,1-2H3,(H,21,26)(H,22,24). The number of amides is 2. The van der Waals surface area contributed by atoms with E-state index in [2.05, 4.69) is 10.6 Å². The van der Waals surface area contributed by atoms with Gasteiger partial charge in [-0.15, -0.1) is 0 Å². The lowest BCUT2D eigenvalue weighted by molar-refractivity contribution is -0.385. The van der Waals surface area contributed by atoms with Gasteiger partial charge in [0.1, 0.15) is 0 Å².